The van der Waals surface area contributed by atoms with E-state index in [0.29, 0.717) is 18.2 Å². The lowest BCUT2D eigenvalue weighted by molar-refractivity contribution is -0.0510. The SMILES string of the molecule is CCCNC1CCN(CC2CN(C)CCO2)C(C)C1C. The summed E-state index contributed by atoms with van der Waals surface area (Å²) < 4.78 is 5.93. The number of ether oxygens (including phenoxy) is 1. The van der Waals surface area contributed by atoms with E-state index in [1.807, 2.05) is 0 Å². The van der Waals surface area contributed by atoms with Crippen molar-refractivity contribution < 1.29 is 4.74 Å². The number of rotatable bonds is 5. The van der Waals surface area contributed by atoms with E-state index in [4.69, 9.17) is 4.74 Å². The first kappa shape index (κ1) is 16.2. The van der Waals surface area contributed by atoms with Crippen molar-refractivity contribution in [1.82, 2.24) is 15.1 Å². The Morgan fingerprint density at radius 1 is 1.25 bits per heavy atom. The highest BCUT2D eigenvalue weighted by Gasteiger charge is 2.33. The molecule has 2 rings (SSSR count). The second-order valence-electron chi connectivity index (χ2n) is 6.70. The molecule has 2 heterocycles. The zero-order valence-corrected chi connectivity index (χ0v) is 13.8. The largest absolute Gasteiger partial charge is 0.374 e. The molecule has 2 aliphatic rings. The number of nitrogens with zero attached hydrogens (tertiary/aromatic N) is 2. The molecule has 2 aliphatic heterocycles. The fourth-order valence-corrected chi connectivity index (χ4v) is 3.55. The van der Waals surface area contributed by atoms with Gasteiger partial charge in [-0.15, -0.1) is 0 Å². The number of hydrogen-bond donors (Lipinski definition) is 1. The molecule has 0 spiro atoms. The molecular formula is C16H33N3O. The van der Waals surface area contributed by atoms with Crippen molar-refractivity contribution in [3.8, 4) is 0 Å². The molecule has 0 saturated carbocycles. The molecule has 4 nitrogen and oxygen atoms in total. The summed E-state index contributed by atoms with van der Waals surface area (Å²) in [5.74, 6) is 0.719. The van der Waals surface area contributed by atoms with Gasteiger partial charge in [-0.1, -0.05) is 13.8 Å². The third-order valence-corrected chi connectivity index (χ3v) is 5.14. The zero-order valence-electron chi connectivity index (χ0n) is 13.8. The molecule has 4 unspecified atom stereocenters. The van der Waals surface area contributed by atoms with E-state index >= 15 is 0 Å². The summed E-state index contributed by atoms with van der Waals surface area (Å²) in [6, 6.07) is 1.34. The number of piperidine rings is 1. The fourth-order valence-electron chi connectivity index (χ4n) is 3.55. The van der Waals surface area contributed by atoms with Crippen molar-refractivity contribution in [3.63, 3.8) is 0 Å². The second kappa shape index (κ2) is 7.74. The molecule has 0 amide bonds. The van der Waals surface area contributed by atoms with Crippen LogP contribution >= 0.6 is 0 Å². The minimum absolute atomic E-state index is 0.392. The summed E-state index contributed by atoms with van der Waals surface area (Å²) in [4.78, 5) is 5.02. The van der Waals surface area contributed by atoms with Crippen molar-refractivity contribution in [2.75, 3.05) is 46.4 Å². The zero-order chi connectivity index (χ0) is 14.5. The van der Waals surface area contributed by atoms with Crippen LogP contribution in [0.15, 0.2) is 0 Å². The van der Waals surface area contributed by atoms with Gasteiger partial charge in [-0.25, -0.2) is 0 Å². The molecule has 2 fully saturated rings. The summed E-state index contributed by atoms with van der Waals surface area (Å²) in [5.41, 5.74) is 0. The van der Waals surface area contributed by atoms with Gasteiger partial charge in [-0.3, -0.25) is 4.90 Å². The van der Waals surface area contributed by atoms with Crippen LogP contribution in [0.2, 0.25) is 0 Å². The van der Waals surface area contributed by atoms with Crippen LogP contribution in [0.1, 0.15) is 33.6 Å². The Labute approximate surface area is 124 Å². The summed E-state index contributed by atoms with van der Waals surface area (Å²) in [6.07, 6.45) is 2.89. The summed E-state index contributed by atoms with van der Waals surface area (Å²) in [5, 5.41) is 3.72. The molecule has 4 atom stereocenters. The van der Waals surface area contributed by atoms with Crippen molar-refractivity contribution >= 4 is 0 Å². The van der Waals surface area contributed by atoms with Gasteiger partial charge >= 0.3 is 0 Å². The number of morpholine rings is 1. The van der Waals surface area contributed by atoms with E-state index in [0.717, 1.165) is 38.7 Å². The molecule has 118 valence electrons. The maximum absolute atomic E-state index is 5.93. The average Bonchev–Trinajstić information content (AvgIpc) is 2.43. The number of likely N-dealkylation sites (tertiary alicyclic amines) is 1. The standard InChI is InChI=1S/C16H33N3O/c1-5-7-17-16-6-8-19(14(3)13(16)2)12-15-11-18(4)9-10-20-15/h13-17H,5-12H2,1-4H3. The van der Waals surface area contributed by atoms with Gasteiger partial charge in [0.2, 0.25) is 0 Å². The van der Waals surface area contributed by atoms with Crippen LogP contribution in [-0.4, -0.2) is 74.4 Å². The summed E-state index contributed by atoms with van der Waals surface area (Å²) in [6.45, 7) is 13.5. The lowest BCUT2D eigenvalue weighted by atomic mass is 9.86. The lowest BCUT2D eigenvalue weighted by Crippen LogP contribution is -2.56. The molecule has 0 aromatic carbocycles. The molecule has 0 aromatic rings. The number of nitrogens with one attached hydrogen (secondary N) is 1. The molecule has 20 heavy (non-hydrogen) atoms. The van der Waals surface area contributed by atoms with Crippen molar-refractivity contribution in [2.45, 2.75) is 51.8 Å². The predicted octanol–water partition coefficient (Wildman–Crippen LogP) is 1.42. The van der Waals surface area contributed by atoms with Gasteiger partial charge in [0, 0.05) is 38.3 Å². The van der Waals surface area contributed by atoms with E-state index < -0.39 is 0 Å². The smallest absolute Gasteiger partial charge is 0.0829 e. The van der Waals surface area contributed by atoms with Crippen LogP contribution < -0.4 is 5.32 Å². The van der Waals surface area contributed by atoms with Gasteiger partial charge in [0.05, 0.1) is 12.7 Å². The quantitative estimate of drug-likeness (QED) is 0.826. The molecule has 0 radical (unpaired) electrons. The molecule has 1 N–H and O–H groups in total. The summed E-state index contributed by atoms with van der Waals surface area (Å²) in [7, 11) is 2.20. The van der Waals surface area contributed by atoms with E-state index in [1.54, 1.807) is 0 Å². The normalized spacial score (nSPS) is 37.2. The lowest BCUT2D eigenvalue weighted by Gasteiger charge is -2.45. The maximum atomic E-state index is 5.93. The Morgan fingerprint density at radius 2 is 2.05 bits per heavy atom. The van der Waals surface area contributed by atoms with Crippen LogP contribution in [0, 0.1) is 5.92 Å². The molecule has 4 heteroatoms. The van der Waals surface area contributed by atoms with Crippen LogP contribution in [-0.2, 0) is 4.74 Å². The first-order chi connectivity index (χ1) is 9.61. The highest BCUT2D eigenvalue weighted by atomic mass is 16.5. The molecule has 0 bridgehead atoms. The van der Waals surface area contributed by atoms with E-state index in [-0.39, 0.29) is 0 Å². The minimum Gasteiger partial charge on any atom is -0.374 e. The van der Waals surface area contributed by atoms with Crippen LogP contribution in [0.3, 0.4) is 0 Å². The monoisotopic (exact) mass is 283 g/mol. The fraction of sp³-hybridized carbons (Fsp3) is 1.00. The number of likely N-dealkylation sites (N-methyl/N-ethyl adjacent to an activating group) is 1. The Kier molecular flexibility index (Phi) is 6.27. The third kappa shape index (κ3) is 4.17. The molecule has 2 saturated heterocycles. The number of hydrogen-bond acceptors (Lipinski definition) is 4. The highest BCUT2D eigenvalue weighted by Crippen LogP contribution is 2.24. The third-order valence-electron chi connectivity index (χ3n) is 5.14. The Hall–Kier alpha value is -0.160. The maximum Gasteiger partial charge on any atom is 0.0829 e. The van der Waals surface area contributed by atoms with Gasteiger partial charge in [0.25, 0.3) is 0 Å². The van der Waals surface area contributed by atoms with E-state index in [1.165, 1.54) is 19.4 Å². The highest BCUT2D eigenvalue weighted by molar-refractivity contribution is 4.90. The van der Waals surface area contributed by atoms with Gasteiger partial charge in [-0.05, 0) is 39.3 Å². The van der Waals surface area contributed by atoms with Crippen LogP contribution in [0.4, 0.5) is 0 Å². The molecular weight excluding hydrogens is 250 g/mol. The van der Waals surface area contributed by atoms with Gasteiger partial charge in [0.1, 0.15) is 0 Å². The Balaban J connectivity index is 1.82. The average molecular weight is 283 g/mol. The van der Waals surface area contributed by atoms with Crippen LogP contribution in [0.25, 0.3) is 0 Å². The molecule has 0 aromatic heterocycles. The van der Waals surface area contributed by atoms with Gasteiger partial charge in [-0.2, -0.15) is 0 Å². The van der Waals surface area contributed by atoms with Crippen molar-refractivity contribution in [3.05, 3.63) is 0 Å². The first-order valence-corrected chi connectivity index (χ1v) is 8.39. The van der Waals surface area contributed by atoms with Crippen molar-refractivity contribution in [1.29, 1.82) is 0 Å². The van der Waals surface area contributed by atoms with E-state index in [9.17, 15) is 0 Å². The topological polar surface area (TPSA) is 27.7 Å². The van der Waals surface area contributed by atoms with Gasteiger partial charge in [0.15, 0.2) is 0 Å². The Bertz CT molecular complexity index is 287. The van der Waals surface area contributed by atoms with Crippen molar-refractivity contribution in [2.24, 2.45) is 5.92 Å². The first-order valence-electron chi connectivity index (χ1n) is 8.39. The summed E-state index contributed by atoms with van der Waals surface area (Å²) >= 11 is 0. The predicted molar refractivity (Wildman–Crippen MR) is 84.1 cm³/mol. The minimum atomic E-state index is 0.392. The van der Waals surface area contributed by atoms with Gasteiger partial charge < -0.3 is 15.0 Å². The Morgan fingerprint density at radius 3 is 2.75 bits per heavy atom. The second-order valence-corrected chi connectivity index (χ2v) is 6.70. The van der Waals surface area contributed by atoms with E-state index in [2.05, 4.69) is 42.9 Å². The van der Waals surface area contributed by atoms with Crippen LogP contribution in [0.5, 0.6) is 0 Å². The molecule has 0 aliphatic carbocycles.